The van der Waals surface area contributed by atoms with Crippen molar-refractivity contribution in [1.29, 1.82) is 0 Å². The second-order valence-corrected chi connectivity index (χ2v) is 5.80. The molecule has 0 amide bonds. The Labute approximate surface area is 127 Å². The van der Waals surface area contributed by atoms with Crippen LogP contribution >= 0.6 is 0 Å². The molecule has 0 aliphatic heterocycles. The van der Waals surface area contributed by atoms with Crippen molar-refractivity contribution in [2.24, 2.45) is 0 Å². The molecule has 0 N–H and O–H groups in total. The van der Waals surface area contributed by atoms with Crippen LogP contribution in [-0.4, -0.2) is 29.5 Å². The molecule has 21 heavy (non-hydrogen) atoms. The molecule has 0 aliphatic rings. The van der Waals surface area contributed by atoms with E-state index in [0.717, 1.165) is 24.4 Å². The van der Waals surface area contributed by atoms with Crippen molar-refractivity contribution in [2.45, 2.75) is 33.2 Å². The monoisotopic (exact) mass is 284 g/mol. The smallest absolute Gasteiger partial charge is 0.126 e. The van der Waals surface area contributed by atoms with Gasteiger partial charge in [0.1, 0.15) is 5.76 Å². The van der Waals surface area contributed by atoms with Crippen LogP contribution in [0, 0.1) is 6.92 Å². The fourth-order valence-corrected chi connectivity index (χ4v) is 2.38. The number of likely N-dealkylation sites (N-methyl/N-ethyl adjacent to an activating group) is 1. The number of rotatable bonds is 6. The van der Waals surface area contributed by atoms with E-state index in [4.69, 9.17) is 4.42 Å². The molecule has 2 aromatic heterocycles. The Balaban J connectivity index is 1.91. The highest BCUT2D eigenvalue weighted by atomic mass is 16.3. The molecule has 0 radical (unpaired) electrons. The van der Waals surface area contributed by atoms with Crippen molar-refractivity contribution in [3.63, 3.8) is 0 Å². The third-order valence-corrected chi connectivity index (χ3v) is 3.66. The molecule has 0 aromatic carbocycles. The minimum absolute atomic E-state index is 0.444. The van der Waals surface area contributed by atoms with Gasteiger partial charge in [0.2, 0.25) is 0 Å². The number of aryl methyl sites for hydroxylation is 1. The van der Waals surface area contributed by atoms with Crippen LogP contribution in [0.5, 0.6) is 0 Å². The summed E-state index contributed by atoms with van der Waals surface area (Å²) < 4.78 is 5.35. The van der Waals surface area contributed by atoms with E-state index in [1.807, 2.05) is 24.4 Å². The van der Waals surface area contributed by atoms with Crippen LogP contribution < -0.4 is 0 Å². The lowest BCUT2D eigenvalue weighted by Gasteiger charge is -2.24. The van der Waals surface area contributed by atoms with Gasteiger partial charge in [-0.3, -0.25) is 9.88 Å². The Bertz CT molecular complexity index is 587. The lowest BCUT2D eigenvalue weighted by Crippen LogP contribution is -2.32. The van der Waals surface area contributed by atoms with Crippen LogP contribution in [0.1, 0.15) is 30.9 Å². The van der Waals surface area contributed by atoms with Crippen LogP contribution in [-0.2, 0) is 6.42 Å². The number of hydrogen-bond acceptors (Lipinski definition) is 3. The molecule has 0 saturated carbocycles. The second kappa shape index (κ2) is 7.23. The van der Waals surface area contributed by atoms with Gasteiger partial charge in [0, 0.05) is 30.9 Å². The fraction of sp³-hybridized carbons (Fsp3) is 0.389. The molecule has 0 fully saturated rings. The van der Waals surface area contributed by atoms with E-state index in [0.29, 0.717) is 6.04 Å². The third kappa shape index (κ3) is 4.87. The van der Waals surface area contributed by atoms with E-state index in [1.165, 1.54) is 11.1 Å². The number of furan rings is 1. The van der Waals surface area contributed by atoms with Gasteiger partial charge in [0.15, 0.2) is 0 Å². The first-order chi connectivity index (χ1) is 10.0. The number of nitrogens with zero attached hydrogens (tertiary/aromatic N) is 2. The quantitative estimate of drug-likeness (QED) is 0.804. The van der Waals surface area contributed by atoms with E-state index in [1.54, 1.807) is 6.26 Å². The van der Waals surface area contributed by atoms with Crippen molar-refractivity contribution < 1.29 is 4.42 Å². The Hall–Kier alpha value is -1.87. The summed E-state index contributed by atoms with van der Waals surface area (Å²) in [5.74, 6) is 0.911. The van der Waals surface area contributed by atoms with Gasteiger partial charge in [-0.2, -0.15) is 0 Å². The van der Waals surface area contributed by atoms with E-state index >= 15 is 0 Å². The zero-order chi connectivity index (χ0) is 15.2. The van der Waals surface area contributed by atoms with Gasteiger partial charge in [-0.15, -0.1) is 0 Å². The summed E-state index contributed by atoms with van der Waals surface area (Å²) >= 11 is 0. The van der Waals surface area contributed by atoms with Gasteiger partial charge in [0.05, 0.1) is 6.26 Å². The van der Waals surface area contributed by atoms with Crippen molar-refractivity contribution >= 4 is 6.08 Å². The Kier molecular flexibility index (Phi) is 5.34. The van der Waals surface area contributed by atoms with Crippen LogP contribution in [0.15, 0.2) is 46.7 Å². The molecule has 0 saturated heterocycles. The predicted molar refractivity (Wildman–Crippen MR) is 87.1 cm³/mol. The Morgan fingerprint density at radius 3 is 2.90 bits per heavy atom. The van der Waals surface area contributed by atoms with Crippen LogP contribution in [0.25, 0.3) is 6.08 Å². The van der Waals surface area contributed by atoms with Gasteiger partial charge in [-0.05, 0) is 63.7 Å². The number of pyridine rings is 1. The molecular formula is C18H24N2O. The molecule has 2 rings (SSSR count). The normalized spacial score (nSPS) is 13.7. The predicted octanol–water partition coefficient (Wildman–Crippen LogP) is 3.95. The van der Waals surface area contributed by atoms with Crippen LogP contribution in [0.3, 0.4) is 0 Å². The van der Waals surface area contributed by atoms with Gasteiger partial charge < -0.3 is 4.42 Å². The highest BCUT2D eigenvalue weighted by Crippen LogP contribution is 2.11. The maximum atomic E-state index is 5.35. The maximum absolute atomic E-state index is 5.35. The molecular weight excluding hydrogens is 260 g/mol. The summed E-state index contributed by atoms with van der Waals surface area (Å²) in [7, 11) is 2.15. The molecule has 0 aliphatic carbocycles. The molecule has 1 atom stereocenters. The van der Waals surface area contributed by atoms with Crippen LogP contribution in [0.4, 0.5) is 0 Å². The Morgan fingerprint density at radius 2 is 2.24 bits per heavy atom. The van der Waals surface area contributed by atoms with Gasteiger partial charge in [-0.25, -0.2) is 0 Å². The first-order valence-electron chi connectivity index (χ1n) is 7.37. The SMILES string of the molecule is C/C(=C\c1ccco1)CN(C)[C@@H](C)Cc1cc(C)ccn1. The molecule has 0 unspecified atom stereocenters. The summed E-state index contributed by atoms with van der Waals surface area (Å²) in [5.41, 5.74) is 3.71. The van der Waals surface area contributed by atoms with Crippen molar-refractivity contribution in [3.8, 4) is 0 Å². The van der Waals surface area contributed by atoms with Crippen molar-refractivity contribution in [2.75, 3.05) is 13.6 Å². The van der Waals surface area contributed by atoms with E-state index < -0.39 is 0 Å². The minimum atomic E-state index is 0.444. The summed E-state index contributed by atoms with van der Waals surface area (Å²) in [5, 5.41) is 0. The van der Waals surface area contributed by atoms with Crippen molar-refractivity contribution in [3.05, 3.63) is 59.3 Å². The summed E-state index contributed by atoms with van der Waals surface area (Å²) in [6, 6.07) is 8.53. The molecule has 2 heterocycles. The lowest BCUT2D eigenvalue weighted by molar-refractivity contribution is 0.276. The fourth-order valence-electron chi connectivity index (χ4n) is 2.38. The van der Waals surface area contributed by atoms with E-state index in [9.17, 15) is 0 Å². The second-order valence-electron chi connectivity index (χ2n) is 5.80. The lowest BCUT2D eigenvalue weighted by atomic mass is 10.1. The zero-order valence-electron chi connectivity index (χ0n) is 13.3. The number of aromatic nitrogens is 1. The van der Waals surface area contributed by atoms with Crippen LogP contribution in [0.2, 0.25) is 0 Å². The third-order valence-electron chi connectivity index (χ3n) is 3.66. The number of hydrogen-bond donors (Lipinski definition) is 0. The summed E-state index contributed by atoms with van der Waals surface area (Å²) in [6.07, 6.45) is 6.65. The van der Waals surface area contributed by atoms with Gasteiger partial charge in [-0.1, -0.05) is 5.57 Å². The molecule has 3 heteroatoms. The molecule has 0 spiro atoms. The molecule has 0 bridgehead atoms. The van der Waals surface area contributed by atoms with E-state index in [2.05, 4.69) is 49.8 Å². The average Bonchev–Trinajstić information content (AvgIpc) is 2.91. The average molecular weight is 284 g/mol. The van der Waals surface area contributed by atoms with Gasteiger partial charge >= 0.3 is 0 Å². The van der Waals surface area contributed by atoms with Crippen molar-refractivity contribution in [1.82, 2.24) is 9.88 Å². The van der Waals surface area contributed by atoms with E-state index in [-0.39, 0.29) is 0 Å². The topological polar surface area (TPSA) is 29.3 Å². The molecule has 3 nitrogen and oxygen atoms in total. The largest absolute Gasteiger partial charge is 0.465 e. The highest BCUT2D eigenvalue weighted by molar-refractivity contribution is 5.46. The zero-order valence-corrected chi connectivity index (χ0v) is 13.3. The first-order valence-corrected chi connectivity index (χ1v) is 7.37. The molecule has 112 valence electrons. The Morgan fingerprint density at radius 1 is 1.43 bits per heavy atom. The summed E-state index contributed by atoms with van der Waals surface area (Å²) in [6.45, 7) is 7.41. The van der Waals surface area contributed by atoms with Gasteiger partial charge in [0.25, 0.3) is 0 Å². The first kappa shape index (κ1) is 15.5. The maximum Gasteiger partial charge on any atom is 0.126 e. The molecule has 2 aromatic rings. The highest BCUT2D eigenvalue weighted by Gasteiger charge is 2.11. The minimum Gasteiger partial charge on any atom is -0.465 e. The summed E-state index contributed by atoms with van der Waals surface area (Å²) in [4.78, 5) is 6.79. The standard InChI is InChI=1S/C18H24N2O/c1-14-7-8-19-17(10-14)12-16(3)20(4)13-15(2)11-18-6-5-9-21-18/h5-11,16H,12-13H2,1-4H3/b15-11+/t16-/m0/s1.